The molecule has 110 valence electrons. The van der Waals surface area contributed by atoms with Crippen molar-refractivity contribution in [2.75, 3.05) is 11.9 Å². The van der Waals surface area contributed by atoms with Crippen LogP contribution in [0.5, 0.6) is 0 Å². The van der Waals surface area contributed by atoms with E-state index in [-0.39, 0.29) is 5.91 Å². The predicted octanol–water partition coefficient (Wildman–Crippen LogP) is 2.31. The average Bonchev–Trinajstić information content (AvgIpc) is 2.79. The number of carbonyl (C=O) groups excluding carboxylic acids is 2. The number of nitrogens with one attached hydrogen (secondary N) is 1. The molecular weight excluding hydrogens is 276 g/mol. The molecule has 3 N–H and O–H groups in total. The van der Waals surface area contributed by atoms with Crippen LogP contribution in [0.15, 0.2) is 6.07 Å². The SMILES string of the molecule is CCOC(=O)c1cc(CC)sc1NC(=O)C1(N)CCC1. The van der Waals surface area contributed by atoms with Gasteiger partial charge >= 0.3 is 5.97 Å². The maximum atomic E-state index is 12.2. The van der Waals surface area contributed by atoms with Gasteiger partial charge in [0.15, 0.2) is 0 Å². The minimum absolute atomic E-state index is 0.209. The van der Waals surface area contributed by atoms with Gasteiger partial charge in [-0.1, -0.05) is 6.92 Å². The first-order chi connectivity index (χ1) is 9.50. The molecule has 20 heavy (non-hydrogen) atoms. The van der Waals surface area contributed by atoms with Gasteiger partial charge in [0.05, 0.1) is 17.7 Å². The van der Waals surface area contributed by atoms with Crippen molar-refractivity contribution >= 4 is 28.2 Å². The molecule has 1 amide bonds. The third-order valence-corrected chi connectivity index (χ3v) is 4.75. The average molecular weight is 296 g/mol. The second-order valence-electron chi connectivity index (χ2n) is 4.99. The molecule has 5 nitrogen and oxygen atoms in total. The Bertz CT molecular complexity index is 520. The van der Waals surface area contributed by atoms with Gasteiger partial charge in [-0.15, -0.1) is 11.3 Å². The van der Waals surface area contributed by atoms with E-state index in [1.54, 1.807) is 13.0 Å². The van der Waals surface area contributed by atoms with Crippen LogP contribution in [0, 0.1) is 0 Å². The Hall–Kier alpha value is -1.40. The van der Waals surface area contributed by atoms with E-state index < -0.39 is 11.5 Å². The molecule has 0 bridgehead atoms. The minimum Gasteiger partial charge on any atom is -0.462 e. The summed E-state index contributed by atoms with van der Waals surface area (Å²) < 4.78 is 5.02. The number of amides is 1. The summed E-state index contributed by atoms with van der Waals surface area (Å²) in [5.41, 5.74) is 5.64. The standard InChI is InChI=1S/C14H20N2O3S/c1-3-9-8-10(12(17)19-4-2)11(20-9)16-13(18)14(15)6-5-7-14/h8H,3-7,15H2,1-2H3,(H,16,18). The van der Waals surface area contributed by atoms with Crippen LogP contribution < -0.4 is 11.1 Å². The molecule has 1 aliphatic rings. The lowest BCUT2D eigenvalue weighted by atomic mass is 9.77. The molecule has 0 saturated heterocycles. The van der Waals surface area contributed by atoms with E-state index in [4.69, 9.17) is 10.5 Å². The second-order valence-corrected chi connectivity index (χ2v) is 6.13. The molecule has 1 heterocycles. The van der Waals surface area contributed by atoms with Gasteiger partial charge < -0.3 is 15.8 Å². The van der Waals surface area contributed by atoms with E-state index in [1.165, 1.54) is 11.3 Å². The van der Waals surface area contributed by atoms with Gasteiger partial charge in [-0.25, -0.2) is 4.79 Å². The number of rotatable bonds is 5. The summed E-state index contributed by atoms with van der Waals surface area (Å²) in [7, 11) is 0. The molecule has 0 spiro atoms. The molecule has 0 unspecified atom stereocenters. The Morgan fingerprint density at radius 3 is 2.65 bits per heavy atom. The Morgan fingerprint density at radius 2 is 2.15 bits per heavy atom. The molecule has 1 aromatic heterocycles. The fraction of sp³-hybridized carbons (Fsp3) is 0.571. The van der Waals surface area contributed by atoms with E-state index in [0.29, 0.717) is 30.0 Å². The topological polar surface area (TPSA) is 81.4 Å². The molecular formula is C14H20N2O3S. The van der Waals surface area contributed by atoms with Crippen LogP contribution >= 0.6 is 11.3 Å². The van der Waals surface area contributed by atoms with Crippen LogP contribution in [0.1, 0.15) is 48.3 Å². The third-order valence-electron chi connectivity index (χ3n) is 3.55. The van der Waals surface area contributed by atoms with Crippen LogP contribution in [0.4, 0.5) is 5.00 Å². The number of carbonyl (C=O) groups is 2. The monoisotopic (exact) mass is 296 g/mol. The summed E-state index contributed by atoms with van der Waals surface area (Å²) >= 11 is 1.40. The quantitative estimate of drug-likeness (QED) is 0.817. The van der Waals surface area contributed by atoms with E-state index in [9.17, 15) is 9.59 Å². The smallest absolute Gasteiger partial charge is 0.341 e. The van der Waals surface area contributed by atoms with Crippen LogP contribution in [0.25, 0.3) is 0 Å². The minimum atomic E-state index is -0.775. The summed E-state index contributed by atoms with van der Waals surface area (Å²) in [6.07, 6.45) is 3.17. The van der Waals surface area contributed by atoms with Crippen molar-refractivity contribution in [3.05, 3.63) is 16.5 Å². The first-order valence-electron chi connectivity index (χ1n) is 6.90. The molecule has 1 fully saturated rings. The van der Waals surface area contributed by atoms with Gasteiger partial charge in [-0.3, -0.25) is 4.79 Å². The molecule has 1 aromatic rings. The summed E-state index contributed by atoms with van der Waals surface area (Å²) in [6, 6.07) is 1.78. The van der Waals surface area contributed by atoms with E-state index >= 15 is 0 Å². The zero-order chi connectivity index (χ0) is 14.8. The van der Waals surface area contributed by atoms with Crippen molar-refractivity contribution in [3.8, 4) is 0 Å². The Morgan fingerprint density at radius 1 is 1.45 bits per heavy atom. The summed E-state index contributed by atoms with van der Waals surface area (Å²) in [5.74, 6) is -0.614. The van der Waals surface area contributed by atoms with Crippen LogP contribution in [0.3, 0.4) is 0 Å². The van der Waals surface area contributed by atoms with E-state index in [2.05, 4.69) is 5.32 Å². The van der Waals surface area contributed by atoms with Gasteiger partial charge in [0.2, 0.25) is 5.91 Å². The number of esters is 1. The molecule has 2 rings (SSSR count). The van der Waals surface area contributed by atoms with E-state index in [0.717, 1.165) is 17.7 Å². The Balaban J connectivity index is 2.19. The number of ether oxygens (including phenoxy) is 1. The maximum Gasteiger partial charge on any atom is 0.341 e. The first kappa shape index (κ1) is 15.0. The zero-order valence-electron chi connectivity index (χ0n) is 11.8. The molecule has 0 atom stereocenters. The number of thiophene rings is 1. The molecule has 1 aliphatic carbocycles. The lowest BCUT2D eigenvalue weighted by molar-refractivity contribution is -0.123. The van der Waals surface area contributed by atoms with E-state index in [1.807, 2.05) is 6.92 Å². The predicted molar refractivity (Wildman–Crippen MR) is 79.1 cm³/mol. The van der Waals surface area contributed by atoms with Gasteiger partial charge in [-0.05, 0) is 38.7 Å². The number of anilines is 1. The summed E-state index contributed by atoms with van der Waals surface area (Å²) in [5, 5.41) is 3.34. The van der Waals surface area contributed by atoms with Gasteiger partial charge in [0, 0.05) is 4.88 Å². The Labute approximate surface area is 122 Å². The molecule has 0 aromatic carbocycles. The van der Waals surface area contributed by atoms with Crippen molar-refractivity contribution in [2.45, 2.75) is 45.1 Å². The molecule has 0 radical (unpaired) electrons. The lowest BCUT2D eigenvalue weighted by Gasteiger charge is -2.36. The van der Waals surface area contributed by atoms with Crippen LogP contribution in [-0.2, 0) is 16.0 Å². The largest absolute Gasteiger partial charge is 0.462 e. The molecule has 0 aliphatic heterocycles. The maximum absolute atomic E-state index is 12.2. The normalized spacial score (nSPS) is 16.4. The molecule has 6 heteroatoms. The Kier molecular flexibility index (Phi) is 4.45. The van der Waals surface area contributed by atoms with Crippen molar-refractivity contribution in [2.24, 2.45) is 5.73 Å². The zero-order valence-corrected chi connectivity index (χ0v) is 12.6. The van der Waals surface area contributed by atoms with Crippen molar-refractivity contribution < 1.29 is 14.3 Å². The highest BCUT2D eigenvalue weighted by molar-refractivity contribution is 7.16. The first-order valence-corrected chi connectivity index (χ1v) is 7.72. The number of hydrogen-bond acceptors (Lipinski definition) is 5. The van der Waals surface area contributed by atoms with Gasteiger partial charge in [-0.2, -0.15) is 0 Å². The van der Waals surface area contributed by atoms with Crippen molar-refractivity contribution in [3.63, 3.8) is 0 Å². The fourth-order valence-electron chi connectivity index (χ4n) is 2.08. The summed E-state index contributed by atoms with van der Waals surface area (Å²) in [6.45, 7) is 4.07. The third kappa shape index (κ3) is 2.86. The van der Waals surface area contributed by atoms with Crippen LogP contribution in [0.2, 0.25) is 0 Å². The highest BCUT2D eigenvalue weighted by atomic mass is 32.1. The van der Waals surface area contributed by atoms with Gasteiger partial charge in [0.1, 0.15) is 5.00 Å². The number of nitrogens with two attached hydrogens (primary N) is 1. The fourth-order valence-corrected chi connectivity index (χ4v) is 3.06. The van der Waals surface area contributed by atoms with Gasteiger partial charge in [0.25, 0.3) is 0 Å². The van der Waals surface area contributed by atoms with Crippen molar-refractivity contribution in [1.29, 1.82) is 0 Å². The van der Waals surface area contributed by atoms with Crippen molar-refractivity contribution in [1.82, 2.24) is 0 Å². The molecule has 1 saturated carbocycles. The highest BCUT2D eigenvalue weighted by Crippen LogP contribution is 2.34. The lowest BCUT2D eigenvalue weighted by Crippen LogP contribution is -2.56. The summed E-state index contributed by atoms with van der Waals surface area (Å²) in [4.78, 5) is 25.1. The highest BCUT2D eigenvalue weighted by Gasteiger charge is 2.40. The number of hydrogen-bond donors (Lipinski definition) is 2. The van der Waals surface area contributed by atoms with Crippen LogP contribution in [-0.4, -0.2) is 24.0 Å². The second kappa shape index (κ2) is 5.93. The number of aryl methyl sites for hydroxylation is 1.